The van der Waals surface area contributed by atoms with Crippen molar-refractivity contribution < 1.29 is 4.79 Å². The van der Waals surface area contributed by atoms with Crippen LogP contribution >= 0.6 is 47.8 Å². The van der Waals surface area contributed by atoms with Gasteiger partial charge in [-0.2, -0.15) is 0 Å². The van der Waals surface area contributed by atoms with E-state index < -0.39 is 6.03 Å². The smallest absolute Gasteiger partial charge is 0.319 e. The number of fused-ring (bicyclic) bond motifs is 1. The minimum Gasteiger partial charge on any atom is -0.377 e. The molecule has 2 aromatic carbocycles. The van der Waals surface area contributed by atoms with Crippen molar-refractivity contribution in [2.75, 3.05) is 29.2 Å². The van der Waals surface area contributed by atoms with Gasteiger partial charge >= 0.3 is 6.03 Å². The molecule has 4 rings (SSSR count). The van der Waals surface area contributed by atoms with Gasteiger partial charge < -0.3 is 16.0 Å². The van der Waals surface area contributed by atoms with E-state index >= 15 is 0 Å². The van der Waals surface area contributed by atoms with Gasteiger partial charge in [0.2, 0.25) is 0 Å². The number of nitrogens with two attached hydrogens (primary N) is 1. The molecule has 174 valence electrons. The van der Waals surface area contributed by atoms with Gasteiger partial charge in [-0.1, -0.05) is 34.1 Å². The van der Waals surface area contributed by atoms with E-state index in [1.54, 1.807) is 4.90 Å². The zero-order chi connectivity index (χ0) is 23.7. The average molecular weight is 640 g/mol. The fourth-order valence-electron chi connectivity index (χ4n) is 4.53. The summed E-state index contributed by atoms with van der Waals surface area (Å²) in [6.07, 6.45) is 3.55. The lowest BCUT2D eigenvalue weighted by molar-refractivity contribution is 0.248. The van der Waals surface area contributed by atoms with Crippen LogP contribution < -0.4 is 20.9 Å². The maximum atomic E-state index is 12.5. The lowest BCUT2D eigenvalue weighted by atomic mass is 9.90. The molecule has 0 aliphatic heterocycles. The summed E-state index contributed by atoms with van der Waals surface area (Å²) < 4.78 is 2.56. The van der Waals surface area contributed by atoms with Crippen LogP contribution in [0.2, 0.25) is 0 Å². The molecule has 0 saturated heterocycles. The van der Waals surface area contributed by atoms with Crippen molar-refractivity contribution in [3.8, 4) is 0 Å². The zero-order valence-corrected chi connectivity index (χ0v) is 23.2. The predicted octanol–water partition coefficient (Wildman–Crippen LogP) is 6.90. The van der Waals surface area contributed by atoms with Gasteiger partial charge in [0.1, 0.15) is 5.82 Å². The van der Waals surface area contributed by atoms with Gasteiger partial charge in [-0.25, -0.2) is 9.78 Å². The van der Waals surface area contributed by atoms with E-state index in [9.17, 15) is 4.79 Å². The summed E-state index contributed by atoms with van der Waals surface area (Å²) in [4.78, 5) is 21.1. The highest BCUT2D eigenvalue weighted by Gasteiger charge is 2.31. The van der Waals surface area contributed by atoms with Crippen molar-refractivity contribution >= 4 is 81.9 Å². The zero-order valence-electron chi connectivity index (χ0n) is 18.5. The van der Waals surface area contributed by atoms with Crippen LogP contribution in [0.15, 0.2) is 55.9 Å². The van der Waals surface area contributed by atoms with E-state index in [0.29, 0.717) is 0 Å². The molecular weight excluding hydrogens is 614 g/mol. The Balaban J connectivity index is 1.50. The summed E-state index contributed by atoms with van der Waals surface area (Å²) >= 11 is 10.7. The highest BCUT2D eigenvalue weighted by molar-refractivity contribution is 9.11. The number of urea groups is 1. The van der Waals surface area contributed by atoms with Gasteiger partial charge in [-0.15, -0.1) is 0 Å². The first kappa shape index (κ1) is 24.3. The first-order chi connectivity index (χ1) is 15.7. The number of hydrogen-bond donors (Lipinski definition) is 2. The summed E-state index contributed by atoms with van der Waals surface area (Å²) in [5.41, 5.74) is 8.72. The van der Waals surface area contributed by atoms with Crippen LogP contribution in [0, 0.1) is 0 Å². The number of aromatic nitrogens is 1. The summed E-state index contributed by atoms with van der Waals surface area (Å²) in [5, 5.41) is 4.77. The molecule has 0 atom stereocenters. The van der Waals surface area contributed by atoms with Crippen molar-refractivity contribution in [1.82, 2.24) is 4.98 Å². The highest BCUT2D eigenvalue weighted by atomic mass is 79.9. The molecule has 3 N–H and O–H groups in total. The maximum Gasteiger partial charge on any atom is 0.319 e. The fraction of sp³-hybridized carbons (Fsp3) is 0.333. The lowest BCUT2D eigenvalue weighted by Crippen LogP contribution is -2.47. The summed E-state index contributed by atoms with van der Waals surface area (Å²) in [7, 11) is 4.10. The molecule has 0 radical (unpaired) electrons. The molecule has 1 aliphatic carbocycles. The quantitative estimate of drug-likeness (QED) is 0.319. The van der Waals surface area contributed by atoms with Crippen molar-refractivity contribution in [3.63, 3.8) is 0 Å². The Morgan fingerprint density at radius 2 is 1.67 bits per heavy atom. The topological polar surface area (TPSA) is 74.5 Å². The van der Waals surface area contributed by atoms with Crippen molar-refractivity contribution in [2.24, 2.45) is 5.73 Å². The van der Waals surface area contributed by atoms with Gasteiger partial charge in [0.25, 0.3) is 0 Å². The lowest BCUT2D eigenvalue weighted by Gasteiger charge is -2.37. The van der Waals surface area contributed by atoms with Crippen LogP contribution in [0.3, 0.4) is 0 Å². The second kappa shape index (κ2) is 10.2. The van der Waals surface area contributed by atoms with Crippen LogP contribution in [0.5, 0.6) is 0 Å². The number of para-hydroxylation sites is 1. The molecule has 6 nitrogen and oxygen atoms in total. The second-order valence-corrected chi connectivity index (χ2v) is 11.1. The van der Waals surface area contributed by atoms with E-state index in [-0.39, 0.29) is 12.1 Å². The molecule has 1 aromatic heterocycles. The molecule has 33 heavy (non-hydrogen) atoms. The third-order valence-electron chi connectivity index (χ3n) is 6.05. The number of halogens is 3. The van der Waals surface area contributed by atoms with Gasteiger partial charge in [-0.3, -0.25) is 4.90 Å². The van der Waals surface area contributed by atoms with Gasteiger partial charge in [0.05, 0.1) is 11.2 Å². The Labute approximate surface area is 219 Å². The Kier molecular flexibility index (Phi) is 7.50. The van der Waals surface area contributed by atoms with Crippen molar-refractivity contribution in [3.05, 3.63) is 55.9 Å². The number of nitrogens with one attached hydrogen (secondary N) is 1. The van der Waals surface area contributed by atoms with Crippen LogP contribution in [0.4, 0.5) is 22.0 Å². The van der Waals surface area contributed by atoms with Gasteiger partial charge in [0.15, 0.2) is 0 Å². The number of pyridine rings is 1. The standard InChI is InChI=1S/C24H26Br3N5O/c1-31(2)21-13-22(30-20-6-4-3-5-17(20)21)29-15-7-9-16(10-8-15)32(24(28)33)23-18(26)11-14(25)12-19(23)27/h3-6,11-13,15-16H,7-10H2,1-2H3,(H2,28,33)(H,29,30)/t15-,16+. The van der Waals surface area contributed by atoms with Crippen LogP contribution in [0.1, 0.15) is 25.7 Å². The van der Waals surface area contributed by atoms with E-state index in [1.165, 1.54) is 0 Å². The first-order valence-corrected chi connectivity index (χ1v) is 13.2. The molecule has 1 heterocycles. The Morgan fingerprint density at radius 1 is 1.03 bits per heavy atom. The predicted molar refractivity (Wildman–Crippen MR) is 147 cm³/mol. The molecule has 3 aromatic rings. The van der Waals surface area contributed by atoms with E-state index in [2.05, 4.69) is 70.1 Å². The number of anilines is 3. The first-order valence-electron chi connectivity index (χ1n) is 10.8. The molecule has 1 saturated carbocycles. The number of carbonyl (C=O) groups excluding carboxylic acids is 1. The van der Waals surface area contributed by atoms with E-state index in [0.717, 1.165) is 67.2 Å². The number of primary amides is 1. The van der Waals surface area contributed by atoms with Crippen LogP contribution in [0.25, 0.3) is 10.9 Å². The number of rotatable bonds is 5. The SMILES string of the molecule is CN(C)c1cc(N[C@H]2CC[C@@H](N(C(N)=O)c3c(Br)cc(Br)cc3Br)CC2)nc2ccccc12. The molecule has 0 spiro atoms. The Bertz CT molecular complexity index is 1150. The molecular formula is C24H26Br3N5O. The molecule has 9 heteroatoms. The van der Waals surface area contributed by atoms with Gasteiger partial charge in [-0.05, 0) is 75.7 Å². The molecule has 1 fully saturated rings. The van der Waals surface area contributed by atoms with E-state index in [1.807, 2.05) is 44.4 Å². The number of nitrogens with zero attached hydrogens (tertiary/aromatic N) is 3. The average Bonchev–Trinajstić information content (AvgIpc) is 2.76. The molecule has 0 unspecified atom stereocenters. The van der Waals surface area contributed by atoms with Crippen LogP contribution in [-0.4, -0.2) is 37.2 Å². The highest BCUT2D eigenvalue weighted by Crippen LogP contribution is 2.40. The maximum absolute atomic E-state index is 12.5. The number of benzene rings is 2. The van der Waals surface area contributed by atoms with E-state index in [4.69, 9.17) is 10.7 Å². The molecule has 0 bridgehead atoms. The Hall–Kier alpha value is -1.84. The number of amides is 2. The largest absolute Gasteiger partial charge is 0.377 e. The monoisotopic (exact) mass is 637 g/mol. The molecule has 1 aliphatic rings. The normalized spacial score (nSPS) is 18.2. The minimum absolute atomic E-state index is 0.0382. The van der Waals surface area contributed by atoms with Gasteiger partial charge in [0, 0.05) is 56.7 Å². The second-order valence-electron chi connectivity index (χ2n) is 8.51. The van der Waals surface area contributed by atoms with Crippen LogP contribution in [-0.2, 0) is 0 Å². The Morgan fingerprint density at radius 3 is 2.27 bits per heavy atom. The summed E-state index contributed by atoms with van der Waals surface area (Å²) in [6.45, 7) is 0. The minimum atomic E-state index is -0.443. The van der Waals surface area contributed by atoms with Crippen molar-refractivity contribution in [1.29, 1.82) is 0 Å². The fourth-order valence-corrected chi connectivity index (χ4v) is 7.17. The third kappa shape index (κ3) is 5.30. The third-order valence-corrected chi connectivity index (χ3v) is 7.72. The summed E-state index contributed by atoms with van der Waals surface area (Å²) in [6, 6.07) is 14.0. The number of carbonyl (C=O) groups is 1. The number of hydrogen-bond acceptors (Lipinski definition) is 4. The van der Waals surface area contributed by atoms with Crippen molar-refractivity contribution in [2.45, 2.75) is 37.8 Å². The summed E-state index contributed by atoms with van der Waals surface area (Å²) in [5.74, 6) is 0.881. The molecule has 2 amide bonds.